The monoisotopic (exact) mass is 550 g/mol. The molecule has 0 spiro atoms. The number of rotatable bonds is 5. The van der Waals surface area contributed by atoms with Crippen LogP contribution in [0.3, 0.4) is 0 Å². The van der Waals surface area contributed by atoms with Crippen LogP contribution in [0.15, 0.2) is 164 Å². The minimum absolute atomic E-state index is 1.12. The van der Waals surface area contributed by atoms with E-state index in [1.54, 1.807) is 0 Å². The Morgan fingerprint density at radius 3 is 1.63 bits per heavy atom. The molecule has 0 bridgehead atoms. The lowest BCUT2D eigenvalue weighted by atomic mass is 9.98. The second kappa shape index (κ2) is 10.3. The highest BCUT2D eigenvalue weighted by Crippen LogP contribution is 2.40. The van der Waals surface area contributed by atoms with Crippen molar-refractivity contribution in [2.24, 2.45) is 7.05 Å². The van der Waals surface area contributed by atoms with Crippen molar-refractivity contribution < 1.29 is 0 Å². The van der Waals surface area contributed by atoms with Gasteiger partial charge in [0, 0.05) is 45.9 Å². The first-order valence-electron chi connectivity index (χ1n) is 14.8. The third-order valence-corrected chi connectivity index (χ3v) is 8.58. The first-order valence-corrected chi connectivity index (χ1v) is 14.8. The van der Waals surface area contributed by atoms with Gasteiger partial charge in [-0.25, -0.2) is 0 Å². The van der Waals surface area contributed by atoms with E-state index in [4.69, 9.17) is 0 Å². The fourth-order valence-electron chi connectivity index (χ4n) is 6.43. The number of nitrogens with zero attached hydrogens (tertiary/aromatic N) is 2. The second-order valence-corrected chi connectivity index (χ2v) is 11.1. The van der Waals surface area contributed by atoms with Crippen LogP contribution < -0.4 is 4.90 Å². The molecule has 0 radical (unpaired) electrons. The van der Waals surface area contributed by atoms with Crippen molar-refractivity contribution in [2.45, 2.75) is 0 Å². The van der Waals surface area contributed by atoms with E-state index in [-0.39, 0.29) is 0 Å². The lowest BCUT2D eigenvalue weighted by Gasteiger charge is -2.26. The van der Waals surface area contributed by atoms with Crippen LogP contribution in [0.4, 0.5) is 17.1 Å². The summed E-state index contributed by atoms with van der Waals surface area (Å²) in [5, 5.41) is 5.13. The molecule has 8 aromatic rings. The number of benzene rings is 7. The van der Waals surface area contributed by atoms with E-state index in [1.165, 1.54) is 54.8 Å². The molecule has 0 aliphatic carbocycles. The van der Waals surface area contributed by atoms with Gasteiger partial charge in [0.2, 0.25) is 0 Å². The minimum atomic E-state index is 1.12. The average Bonchev–Trinajstić information content (AvgIpc) is 3.36. The average molecular weight is 551 g/mol. The molecular weight excluding hydrogens is 520 g/mol. The molecule has 0 saturated carbocycles. The SMILES string of the molecule is Cn1c2cc3ccccc3cc2c2c(-c3ccc(N(c4ccccc4)c4ccc(-c5ccccc5)cc4)cc3)cccc21. The molecule has 1 heterocycles. The zero-order chi connectivity index (χ0) is 28.8. The molecule has 2 nitrogen and oxygen atoms in total. The Kier molecular flexibility index (Phi) is 6.05. The topological polar surface area (TPSA) is 8.17 Å². The fraction of sp³-hybridized carbons (Fsp3) is 0.0244. The number of aromatic nitrogens is 1. The zero-order valence-corrected chi connectivity index (χ0v) is 24.0. The quantitative estimate of drug-likeness (QED) is 0.207. The van der Waals surface area contributed by atoms with Gasteiger partial charge in [0.05, 0.1) is 0 Å². The van der Waals surface area contributed by atoms with Crippen LogP contribution in [0.5, 0.6) is 0 Å². The van der Waals surface area contributed by atoms with Crippen LogP contribution in [-0.2, 0) is 7.05 Å². The Bertz CT molecular complexity index is 2210. The summed E-state index contributed by atoms with van der Waals surface area (Å²) < 4.78 is 2.32. The molecule has 0 aliphatic rings. The van der Waals surface area contributed by atoms with E-state index in [9.17, 15) is 0 Å². The minimum Gasteiger partial charge on any atom is -0.344 e. The molecule has 0 unspecified atom stereocenters. The Morgan fingerprint density at radius 1 is 0.419 bits per heavy atom. The van der Waals surface area contributed by atoms with E-state index < -0.39 is 0 Å². The van der Waals surface area contributed by atoms with Gasteiger partial charge < -0.3 is 9.47 Å². The van der Waals surface area contributed by atoms with Gasteiger partial charge in [0.1, 0.15) is 0 Å². The molecular formula is C41H30N2. The van der Waals surface area contributed by atoms with Crippen LogP contribution in [0.1, 0.15) is 0 Å². The molecule has 0 fully saturated rings. The van der Waals surface area contributed by atoms with E-state index in [1.807, 2.05) is 0 Å². The highest BCUT2D eigenvalue weighted by molar-refractivity contribution is 6.17. The first-order chi connectivity index (χ1) is 21.2. The van der Waals surface area contributed by atoms with Gasteiger partial charge in [-0.2, -0.15) is 0 Å². The maximum atomic E-state index is 2.35. The summed E-state index contributed by atoms with van der Waals surface area (Å²) in [7, 11) is 2.17. The van der Waals surface area contributed by atoms with Gasteiger partial charge in [-0.05, 0) is 87.6 Å². The van der Waals surface area contributed by atoms with E-state index in [2.05, 4.69) is 180 Å². The van der Waals surface area contributed by atoms with Gasteiger partial charge >= 0.3 is 0 Å². The standard InChI is InChI=1S/C41H30N2/c1-42-39-18-10-17-37(41(39)38-27-32-13-8-9-14-33(32)28-40(38)42)31-21-25-36(26-22-31)43(34-15-6-3-7-16-34)35-23-19-30(20-24-35)29-11-4-2-5-12-29/h2-28H,1H3. The molecule has 2 heteroatoms. The summed E-state index contributed by atoms with van der Waals surface area (Å²) >= 11 is 0. The van der Waals surface area contributed by atoms with Crippen molar-refractivity contribution in [3.05, 3.63) is 164 Å². The van der Waals surface area contributed by atoms with Crippen LogP contribution in [0.2, 0.25) is 0 Å². The number of anilines is 3. The molecule has 0 N–H and O–H groups in total. The molecule has 0 aliphatic heterocycles. The third kappa shape index (κ3) is 4.36. The number of fused-ring (bicyclic) bond motifs is 4. The Labute approximate surface area is 251 Å². The molecule has 43 heavy (non-hydrogen) atoms. The van der Waals surface area contributed by atoms with Gasteiger partial charge in [-0.15, -0.1) is 0 Å². The molecule has 0 saturated heterocycles. The predicted molar refractivity (Wildman–Crippen MR) is 183 cm³/mol. The van der Waals surface area contributed by atoms with Crippen molar-refractivity contribution in [1.29, 1.82) is 0 Å². The summed E-state index contributed by atoms with van der Waals surface area (Å²) in [4.78, 5) is 2.32. The molecule has 8 rings (SSSR count). The summed E-state index contributed by atoms with van der Waals surface area (Å²) in [5.41, 5.74) is 10.8. The predicted octanol–water partition coefficient (Wildman–Crippen LogP) is 11.3. The lowest BCUT2D eigenvalue weighted by molar-refractivity contribution is 1.02. The van der Waals surface area contributed by atoms with E-state index in [0.717, 1.165) is 17.1 Å². The summed E-state index contributed by atoms with van der Waals surface area (Å²) in [6.45, 7) is 0. The Balaban J connectivity index is 1.23. The Hall–Kier alpha value is -5.60. The zero-order valence-electron chi connectivity index (χ0n) is 24.0. The smallest absolute Gasteiger partial charge is 0.0495 e. The molecule has 0 amide bonds. The summed E-state index contributed by atoms with van der Waals surface area (Å²) in [6.07, 6.45) is 0. The van der Waals surface area contributed by atoms with Gasteiger partial charge in [0.25, 0.3) is 0 Å². The van der Waals surface area contributed by atoms with Gasteiger partial charge in [-0.3, -0.25) is 0 Å². The second-order valence-electron chi connectivity index (χ2n) is 11.1. The van der Waals surface area contributed by atoms with Crippen LogP contribution in [0, 0.1) is 0 Å². The van der Waals surface area contributed by atoms with E-state index in [0.29, 0.717) is 0 Å². The van der Waals surface area contributed by atoms with Crippen molar-refractivity contribution in [1.82, 2.24) is 4.57 Å². The number of para-hydroxylation sites is 1. The largest absolute Gasteiger partial charge is 0.344 e. The molecule has 204 valence electrons. The number of hydrogen-bond donors (Lipinski definition) is 0. The highest BCUT2D eigenvalue weighted by atomic mass is 15.1. The van der Waals surface area contributed by atoms with Gasteiger partial charge in [0.15, 0.2) is 0 Å². The third-order valence-electron chi connectivity index (χ3n) is 8.58. The van der Waals surface area contributed by atoms with Crippen LogP contribution >= 0.6 is 0 Å². The van der Waals surface area contributed by atoms with Crippen molar-refractivity contribution in [3.63, 3.8) is 0 Å². The maximum Gasteiger partial charge on any atom is 0.0495 e. The van der Waals surface area contributed by atoms with E-state index >= 15 is 0 Å². The molecule has 1 aromatic heterocycles. The molecule has 7 aromatic carbocycles. The molecule has 0 atom stereocenters. The van der Waals surface area contributed by atoms with Crippen LogP contribution in [-0.4, -0.2) is 4.57 Å². The van der Waals surface area contributed by atoms with Crippen molar-refractivity contribution in [2.75, 3.05) is 4.90 Å². The first kappa shape index (κ1) is 25.1. The summed E-state index contributed by atoms with van der Waals surface area (Å²) in [6, 6.07) is 58.9. The normalized spacial score (nSPS) is 11.4. The highest BCUT2D eigenvalue weighted by Gasteiger charge is 2.16. The van der Waals surface area contributed by atoms with Gasteiger partial charge in [-0.1, -0.05) is 109 Å². The lowest BCUT2D eigenvalue weighted by Crippen LogP contribution is -2.09. The Morgan fingerprint density at radius 2 is 0.953 bits per heavy atom. The summed E-state index contributed by atoms with van der Waals surface area (Å²) in [5.74, 6) is 0. The van der Waals surface area contributed by atoms with Crippen LogP contribution in [0.25, 0.3) is 54.8 Å². The van der Waals surface area contributed by atoms with Crippen molar-refractivity contribution >= 4 is 49.6 Å². The van der Waals surface area contributed by atoms with Crippen molar-refractivity contribution in [3.8, 4) is 22.3 Å². The number of hydrogen-bond acceptors (Lipinski definition) is 1. The maximum absolute atomic E-state index is 2.35. The number of aryl methyl sites for hydroxylation is 1. The fourth-order valence-corrected chi connectivity index (χ4v) is 6.43.